The van der Waals surface area contributed by atoms with E-state index < -0.39 is 9.84 Å². The topological polar surface area (TPSA) is 89.0 Å². The van der Waals surface area contributed by atoms with E-state index in [9.17, 15) is 13.2 Å². The predicted molar refractivity (Wildman–Crippen MR) is 103 cm³/mol. The molecule has 0 aromatic carbocycles. The zero-order valence-corrected chi connectivity index (χ0v) is 16.1. The Morgan fingerprint density at radius 1 is 1.31 bits per heavy atom. The average Bonchev–Trinajstić information content (AvgIpc) is 3.33. The first-order valence-electron chi connectivity index (χ1n) is 8.61. The smallest absolute Gasteiger partial charge is 0.257 e. The number of sulfone groups is 1. The van der Waals surface area contributed by atoms with Gasteiger partial charge in [0.1, 0.15) is 0 Å². The summed E-state index contributed by atoms with van der Waals surface area (Å²) in [6.07, 6.45) is 9.52. The Labute approximate surface area is 157 Å². The number of anilines is 1. The molecule has 0 bridgehead atoms. The zero-order chi connectivity index (χ0) is 18.6. The molecular weight excluding hydrogens is 370 g/mol. The number of nitrogens with zero attached hydrogens (tertiary/aromatic N) is 2. The highest BCUT2D eigenvalue weighted by Crippen LogP contribution is 2.30. The number of thiazole rings is 1. The van der Waals surface area contributed by atoms with Crippen molar-refractivity contribution in [1.29, 1.82) is 0 Å². The van der Waals surface area contributed by atoms with Gasteiger partial charge < -0.3 is 0 Å². The van der Waals surface area contributed by atoms with Gasteiger partial charge in [-0.05, 0) is 30.9 Å². The third-order valence-electron chi connectivity index (χ3n) is 4.45. The normalized spacial score (nSPS) is 16.0. The lowest BCUT2D eigenvalue weighted by Crippen LogP contribution is -2.15. The van der Waals surface area contributed by atoms with E-state index in [1.54, 1.807) is 24.6 Å². The second-order valence-corrected chi connectivity index (χ2v) is 9.32. The minimum atomic E-state index is -3.36. The number of aromatic nitrogens is 2. The second-order valence-electron chi connectivity index (χ2n) is 6.20. The van der Waals surface area contributed by atoms with E-state index in [0.717, 1.165) is 25.7 Å². The second kappa shape index (κ2) is 8.09. The summed E-state index contributed by atoms with van der Waals surface area (Å²) >= 11 is 1.35. The van der Waals surface area contributed by atoms with E-state index in [2.05, 4.69) is 15.3 Å². The van der Waals surface area contributed by atoms with Gasteiger partial charge >= 0.3 is 0 Å². The van der Waals surface area contributed by atoms with Crippen LogP contribution in [0.5, 0.6) is 0 Å². The molecule has 3 rings (SSSR count). The van der Waals surface area contributed by atoms with Crippen molar-refractivity contribution in [2.45, 2.75) is 37.6 Å². The highest BCUT2D eigenvalue weighted by atomic mass is 32.2. The van der Waals surface area contributed by atoms with E-state index in [0.29, 0.717) is 22.2 Å². The molecule has 1 amide bonds. The van der Waals surface area contributed by atoms with Crippen molar-refractivity contribution in [3.63, 3.8) is 0 Å². The molecule has 1 saturated carbocycles. The summed E-state index contributed by atoms with van der Waals surface area (Å²) in [7, 11) is -3.36. The maximum atomic E-state index is 12.8. The summed E-state index contributed by atoms with van der Waals surface area (Å²) < 4.78 is 23.9. The van der Waals surface area contributed by atoms with Crippen LogP contribution in [0.15, 0.2) is 41.0 Å². The minimum absolute atomic E-state index is 0.00531. The average molecular weight is 392 g/mol. The van der Waals surface area contributed by atoms with E-state index >= 15 is 0 Å². The maximum absolute atomic E-state index is 12.8. The minimum Gasteiger partial charge on any atom is -0.298 e. The Bertz CT molecular complexity index is 882. The molecular formula is C18H21N3O3S2. The first-order chi connectivity index (χ1) is 12.5. The van der Waals surface area contributed by atoms with Crippen molar-refractivity contribution in [3.8, 4) is 0 Å². The molecule has 26 heavy (non-hydrogen) atoms. The van der Waals surface area contributed by atoms with Crippen molar-refractivity contribution in [2.75, 3.05) is 11.1 Å². The molecule has 0 atom stereocenters. The SMILES string of the molecule is CCS(=O)(=O)c1ccc(C(=CC2CCCC2)C(=O)Nc2nccs2)cn1. The largest absolute Gasteiger partial charge is 0.298 e. The molecule has 0 radical (unpaired) electrons. The molecule has 0 spiro atoms. The molecule has 0 unspecified atom stereocenters. The lowest BCUT2D eigenvalue weighted by Gasteiger charge is -2.11. The Morgan fingerprint density at radius 2 is 2.08 bits per heavy atom. The van der Waals surface area contributed by atoms with E-state index in [-0.39, 0.29) is 16.7 Å². The van der Waals surface area contributed by atoms with Crippen LogP contribution in [0.2, 0.25) is 0 Å². The van der Waals surface area contributed by atoms with Crippen LogP contribution in [-0.4, -0.2) is 30.0 Å². The Hall–Kier alpha value is -2.06. The number of carbonyl (C=O) groups excluding carboxylic acids is 1. The number of amides is 1. The molecule has 2 aromatic rings. The van der Waals surface area contributed by atoms with Crippen molar-refractivity contribution < 1.29 is 13.2 Å². The number of pyridine rings is 1. The van der Waals surface area contributed by atoms with Gasteiger partial charge in [0, 0.05) is 28.9 Å². The molecule has 8 heteroatoms. The fraction of sp³-hybridized carbons (Fsp3) is 0.389. The number of nitrogens with one attached hydrogen (secondary N) is 1. The first kappa shape index (κ1) is 18.7. The number of hydrogen-bond donors (Lipinski definition) is 1. The van der Waals surface area contributed by atoms with Crippen LogP contribution in [0.1, 0.15) is 38.2 Å². The maximum Gasteiger partial charge on any atom is 0.257 e. The molecule has 138 valence electrons. The van der Waals surface area contributed by atoms with E-state index in [4.69, 9.17) is 0 Å². The molecule has 2 aromatic heterocycles. The molecule has 1 fully saturated rings. The van der Waals surface area contributed by atoms with Crippen LogP contribution in [-0.2, 0) is 14.6 Å². The third kappa shape index (κ3) is 4.37. The fourth-order valence-electron chi connectivity index (χ4n) is 2.98. The number of allylic oxidation sites excluding steroid dienone is 1. The van der Waals surface area contributed by atoms with Gasteiger partial charge in [-0.25, -0.2) is 18.4 Å². The summed E-state index contributed by atoms with van der Waals surface area (Å²) in [5, 5.41) is 5.16. The molecule has 1 aliphatic rings. The van der Waals surface area contributed by atoms with Gasteiger partial charge in [0.05, 0.1) is 5.75 Å². The standard InChI is InChI=1S/C18H21N3O3S2/c1-2-26(23,24)16-8-7-14(12-20-16)15(11-13-5-3-4-6-13)17(22)21-18-19-9-10-25-18/h7-13H,2-6H2,1H3,(H,19,21,22). The Balaban J connectivity index is 1.91. The van der Waals surface area contributed by atoms with Crippen LogP contribution in [0.3, 0.4) is 0 Å². The van der Waals surface area contributed by atoms with E-state index in [1.165, 1.54) is 23.6 Å². The highest BCUT2D eigenvalue weighted by molar-refractivity contribution is 7.91. The van der Waals surface area contributed by atoms with Gasteiger partial charge in [0.2, 0.25) is 0 Å². The zero-order valence-electron chi connectivity index (χ0n) is 14.5. The predicted octanol–water partition coefficient (Wildman–Crippen LogP) is 3.54. The Kier molecular flexibility index (Phi) is 5.83. The summed E-state index contributed by atoms with van der Waals surface area (Å²) in [4.78, 5) is 20.9. The molecule has 1 aliphatic carbocycles. The third-order valence-corrected chi connectivity index (χ3v) is 6.77. The monoisotopic (exact) mass is 391 g/mol. The van der Waals surface area contributed by atoms with Crippen molar-refractivity contribution in [2.24, 2.45) is 5.92 Å². The van der Waals surface area contributed by atoms with Gasteiger partial charge in [-0.2, -0.15) is 0 Å². The van der Waals surface area contributed by atoms with E-state index in [1.807, 2.05) is 6.08 Å². The molecule has 0 aliphatic heterocycles. The number of hydrogen-bond acceptors (Lipinski definition) is 6. The van der Waals surface area contributed by atoms with Gasteiger partial charge in [0.15, 0.2) is 20.0 Å². The van der Waals surface area contributed by atoms with Crippen molar-refractivity contribution in [3.05, 3.63) is 41.5 Å². The lowest BCUT2D eigenvalue weighted by atomic mass is 9.99. The summed E-state index contributed by atoms with van der Waals surface area (Å²) in [5.74, 6) is 0.0973. The van der Waals surface area contributed by atoms with Crippen molar-refractivity contribution in [1.82, 2.24) is 9.97 Å². The molecule has 2 heterocycles. The summed E-state index contributed by atoms with van der Waals surface area (Å²) in [5.41, 5.74) is 1.13. The summed E-state index contributed by atoms with van der Waals surface area (Å²) in [6.45, 7) is 1.58. The van der Waals surface area contributed by atoms with Gasteiger partial charge in [-0.1, -0.05) is 25.8 Å². The van der Waals surface area contributed by atoms with Crippen molar-refractivity contribution >= 4 is 37.8 Å². The van der Waals surface area contributed by atoms with Gasteiger partial charge in [-0.15, -0.1) is 11.3 Å². The first-order valence-corrected chi connectivity index (χ1v) is 11.1. The summed E-state index contributed by atoms with van der Waals surface area (Å²) in [6, 6.07) is 3.12. The van der Waals surface area contributed by atoms with Crippen LogP contribution in [0.25, 0.3) is 5.57 Å². The van der Waals surface area contributed by atoms with Gasteiger partial charge in [-0.3, -0.25) is 10.1 Å². The fourth-order valence-corrected chi connectivity index (χ4v) is 4.29. The van der Waals surface area contributed by atoms with Gasteiger partial charge in [0.25, 0.3) is 5.91 Å². The highest BCUT2D eigenvalue weighted by Gasteiger charge is 2.20. The van der Waals surface area contributed by atoms with Crippen LogP contribution >= 0.6 is 11.3 Å². The molecule has 6 nitrogen and oxygen atoms in total. The molecule has 0 saturated heterocycles. The quantitative estimate of drug-likeness (QED) is 0.761. The number of carbonyl (C=O) groups is 1. The molecule has 1 N–H and O–H groups in total. The number of rotatable bonds is 6. The van der Waals surface area contributed by atoms with Crippen LogP contribution in [0.4, 0.5) is 5.13 Å². The van der Waals surface area contributed by atoms with Crippen LogP contribution in [0, 0.1) is 5.92 Å². The Morgan fingerprint density at radius 3 is 2.65 bits per heavy atom. The lowest BCUT2D eigenvalue weighted by molar-refractivity contribution is -0.111. The van der Waals surface area contributed by atoms with Crippen LogP contribution < -0.4 is 5.32 Å².